The lowest BCUT2D eigenvalue weighted by atomic mass is 10.0. The summed E-state index contributed by atoms with van der Waals surface area (Å²) in [4.78, 5) is 38.4. The minimum absolute atomic E-state index is 0.0631. The van der Waals surface area contributed by atoms with Crippen LogP contribution in [0, 0.1) is 0 Å². The van der Waals surface area contributed by atoms with Crippen LogP contribution in [-0.2, 0) is 28.6 Å². The molecule has 0 aromatic carbocycles. The van der Waals surface area contributed by atoms with Crippen molar-refractivity contribution in [3.8, 4) is 0 Å². The molecular weight excluding hydrogens is 913 g/mol. The van der Waals surface area contributed by atoms with E-state index in [1.807, 2.05) is 0 Å². The number of unbranched alkanes of at least 4 members (excludes halogenated alkanes) is 50. The zero-order chi connectivity index (χ0) is 53.6. The lowest BCUT2D eigenvalue weighted by Crippen LogP contribution is -2.30. The van der Waals surface area contributed by atoms with Crippen molar-refractivity contribution in [2.75, 3.05) is 13.2 Å². The smallest absolute Gasteiger partial charge is 0.306 e. The van der Waals surface area contributed by atoms with Crippen LogP contribution >= 0.6 is 0 Å². The fourth-order valence-corrected chi connectivity index (χ4v) is 10.4. The quantitative estimate of drug-likeness (QED) is 0.0261. The molecule has 0 N–H and O–H groups in total. The van der Waals surface area contributed by atoms with Gasteiger partial charge in [-0.15, -0.1) is 0 Å². The van der Waals surface area contributed by atoms with Crippen molar-refractivity contribution in [3.05, 3.63) is 12.2 Å². The molecule has 1 atom stereocenters. The molecule has 0 aromatic heterocycles. The van der Waals surface area contributed by atoms with Gasteiger partial charge in [-0.3, -0.25) is 14.4 Å². The highest BCUT2D eigenvalue weighted by molar-refractivity contribution is 5.71. The predicted molar refractivity (Wildman–Crippen MR) is 321 cm³/mol. The van der Waals surface area contributed by atoms with Crippen LogP contribution in [0.15, 0.2) is 12.2 Å². The van der Waals surface area contributed by atoms with Crippen molar-refractivity contribution in [2.24, 2.45) is 0 Å². The summed E-state index contributed by atoms with van der Waals surface area (Å²) < 4.78 is 17.0. The number of ether oxygens (including phenoxy) is 3. The van der Waals surface area contributed by atoms with Crippen LogP contribution < -0.4 is 0 Å². The molecular formula is C68H130O6. The Morgan fingerprint density at radius 2 is 0.446 bits per heavy atom. The number of esters is 3. The third-order valence-electron chi connectivity index (χ3n) is 15.5. The minimum atomic E-state index is -0.765. The Labute approximate surface area is 462 Å². The summed E-state index contributed by atoms with van der Waals surface area (Å²) in [5, 5.41) is 0. The second-order valence-electron chi connectivity index (χ2n) is 23.1. The van der Waals surface area contributed by atoms with Crippen molar-refractivity contribution in [1.82, 2.24) is 0 Å². The molecule has 0 heterocycles. The lowest BCUT2D eigenvalue weighted by Gasteiger charge is -2.18. The third-order valence-corrected chi connectivity index (χ3v) is 15.5. The Kier molecular flexibility index (Phi) is 62.1. The van der Waals surface area contributed by atoms with E-state index in [4.69, 9.17) is 14.2 Å². The van der Waals surface area contributed by atoms with Crippen LogP contribution in [0.3, 0.4) is 0 Å². The lowest BCUT2D eigenvalue weighted by molar-refractivity contribution is -0.167. The molecule has 0 aliphatic carbocycles. The van der Waals surface area contributed by atoms with Gasteiger partial charge < -0.3 is 14.2 Å². The van der Waals surface area contributed by atoms with Gasteiger partial charge in [0.05, 0.1) is 0 Å². The average molecular weight is 1040 g/mol. The molecule has 0 amide bonds. The van der Waals surface area contributed by atoms with E-state index in [0.29, 0.717) is 19.3 Å². The number of hydrogen-bond donors (Lipinski definition) is 0. The molecule has 6 heteroatoms. The van der Waals surface area contributed by atoms with E-state index in [1.165, 1.54) is 289 Å². The van der Waals surface area contributed by atoms with Crippen molar-refractivity contribution in [1.29, 1.82) is 0 Å². The van der Waals surface area contributed by atoms with Crippen molar-refractivity contribution < 1.29 is 28.6 Å². The van der Waals surface area contributed by atoms with Crippen molar-refractivity contribution in [2.45, 2.75) is 393 Å². The average Bonchev–Trinajstić information content (AvgIpc) is 3.40. The summed E-state index contributed by atoms with van der Waals surface area (Å²) in [6.45, 7) is 6.72. The van der Waals surface area contributed by atoms with Crippen molar-refractivity contribution >= 4 is 17.9 Å². The molecule has 1 unspecified atom stereocenters. The maximum atomic E-state index is 12.9. The Hall–Kier alpha value is -1.85. The Balaban J connectivity index is 4.25. The first kappa shape index (κ1) is 72.2. The summed E-state index contributed by atoms with van der Waals surface area (Å²) >= 11 is 0. The van der Waals surface area contributed by atoms with E-state index in [9.17, 15) is 14.4 Å². The predicted octanol–water partition coefficient (Wildman–Crippen LogP) is 22.8. The monoisotopic (exact) mass is 1040 g/mol. The topological polar surface area (TPSA) is 78.9 Å². The first-order valence-electron chi connectivity index (χ1n) is 33.7. The highest BCUT2D eigenvalue weighted by Crippen LogP contribution is 2.18. The van der Waals surface area contributed by atoms with Gasteiger partial charge in [0.2, 0.25) is 0 Å². The van der Waals surface area contributed by atoms with Crippen LogP contribution in [0.25, 0.3) is 0 Å². The molecule has 438 valence electrons. The highest BCUT2D eigenvalue weighted by atomic mass is 16.6. The molecule has 0 radical (unpaired) electrons. The molecule has 0 aliphatic rings. The first-order valence-corrected chi connectivity index (χ1v) is 33.7. The van der Waals surface area contributed by atoms with Gasteiger partial charge >= 0.3 is 17.9 Å². The van der Waals surface area contributed by atoms with Gasteiger partial charge in [-0.05, 0) is 44.9 Å². The largest absolute Gasteiger partial charge is 0.462 e. The number of allylic oxidation sites excluding steroid dienone is 2. The van der Waals surface area contributed by atoms with E-state index in [0.717, 1.165) is 57.8 Å². The van der Waals surface area contributed by atoms with E-state index < -0.39 is 6.10 Å². The number of hydrogen-bond acceptors (Lipinski definition) is 6. The Morgan fingerprint density at radius 1 is 0.257 bits per heavy atom. The first-order chi connectivity index (χ1) is 36.5. The summed E-state index contributed by atoms with van der Waals surface area (Å²) in [6.07, 6.45) is 75.1. The Morgan fingerprint density at radius 3 is 0.676 bits per heavy atom. The van der Waals surface area contributed by atoms with E-state index in [-0.39, 0.29) is 31.1 Å². The van der Waals surface area contributed by atoms with Gasteiger partial charge in [0, 0.05) is 19.3 Å². The van der Waals surface area contributed by atoms with Crippen LogP contribution in [0.1, 0.15) is 387 Å². The highest BCUT2D eigenvalue weighted by Gasteiger charge is 2.19. The molecule has 0 spiro atoms. The summed E-state index contributed by atoms with van der Waals surface area (Å²) in [5.74, 6) is -0.830. The van der Waals surface area contributed by atoms with Crippen LogP contribution in [-0.4, -0.2) is 37.2 Å². The molecule has 0 fully saturated rings. The molecule has 74 heavy (non-hydrogen) atoms. The number of carbonyl (C=O) groups is 3. The molecule has 0 aliphatic heterocycles. The maximum Gasteiger partial charge on any atom is 0.306 e. The second kappa shape index (κ2) is 63.7. The zero-order valence-electron chi connectivity index (χ0n) is 50.4. The second-order valence-corrected chi connectivity index (χ2v) is 23.1. The van der Waals surface area contributed by atoms with Crippen LogP contribution in [0.5, 0.6) is 0 Å². The molecule has 0 aromatic rings. The SMILES string of the molecule is CCCCCCCCCC/C=C\CCCCCCCCCCCCCC(=O)OCC(COC(=O)CCCCCCCCCCCCCCCC)OC(=O)CCCCCCCCCCCCCCCCCCCCC. The molecule has 0 bridgehead atoms. The number of carbonyl (C=O) groups excluding carboxylic acids is 3. The standard InChI is InChI=1S/C68H130O6/c1-4-7-10-13-16-19-22-25-28-30-32-33-34-35-37-38-40-43-46-49-52-55-58-61-67(70)73-64-65(63-72-66(69)60-57-54-51-48-45-42-27-24-21-18-15-12-9-6-3)74-68(71)62-59-56-53-50-47-44-41-39-36-31-29-26-23-20-17-14-11-8-5-2/h30,32,65H,4-29,31,33-64H2,1-3H3/b32-30-. The zero-order valence-corrected chi connectivity index (χ0v) is 50.4. The summed E-state index contributed by atoms with van der Waals surface area (Å²) in [6, 6.07) is 0. The summed E-state index contributed by atoms with van der Waals surface area (Å²) in [5.41, 5.74) is 0. The number of rotatable bonds is 63. The van der Waals surface area contributed by atoms with Crippen LogP contribution in [0.4, 0.5) is 0 Å². The fourth-order valence-electron chi connectivity index (χ4n) is 10.4. The normalized spacial score (nSPS) is 12.0. The van der Waals surface area contributed by atoms with E-state index in [1.54, 1.807) is 0 Å². The van der Waals surface area contributed by atoms with E-state index in [2.05, 4.69) is 32.9 Å². The fraction of sp³-hybridized carbons (Fsp3) is 0.926. The van der Waals surface area contributed by atoms with Crippen LogP contribution in [0.2, 0.25) is 0 Å². The van der Waals surface area contributed by atoms with E-state index >= 15 is 0 Å². The van der Waals surface area contributed by atoms with Gasteiger partial charge in [-0.25, -0.2) is 0 Å². The van der Waals surface area contributed by atoms with Gasteiger partial charge in [0.1, 0.15) is 13.2 Å². The molecule has 0 saturated heterocycles. The summed E-state index contributed by atoms with van der Waals surface area (Å²) in [7, 11) is 0. The van der Waals surface area contributed by atoms with Gasteiger partial charge in [0.15, 0.2) is 6.10 Å². The Bertz CT molecular complexity index is 1150. The molecule has 0 rings (SSSR count). The third kappa shape index (κ3) is 61.0. The van der Waals surface area contributed by atoms with Gasteiger partial charge in [-0.1, -0.05) is 335 Å². The minimum Gasteiger partial charge on any atom is -0.462 e. The maximum absolute atomic E-state index is 12.9. The van der Waals surface area contributed by atoms with Gasteiger partial charge in [0.25, 0.3) is 0 Å². The van der Waals surface area contributed by atoms with Gasteiger partial charge in [-0.2, -0.15) is 0 Å². The molecule has 0 saturated carbocycles. The van der Waals surface area contributed by atoms with Crippen molar-refractivity contribution in [3.63, 3.8) is 0 Å². The molecule has 6 nitrogen and oxygen atoms in total.